The minimum atomic E-state index is -3.92. The fraction of sp³-hybridized carbons (Fsp3) is 0.556. The molecule has 3 rings (SSSR count). The summed E-state index contributed by atoms with van der Waals surface area (Å²) in [6, 6.07) is 7.43. The Bertz CT molecular complexity index is 1150. The van der Waals surface area contributed by atoms with Crippen molar-refractivity contribution in [3.05, 3.63) is 46.8 Å². The molecule has 0 bridgehead atoms. The van der Waals surface area contributed by atoms with Crippen LogP contribution in [0.15, 0.2) is 46.9 Å². The largest absolute Gasteiger partial charge is 0.354 e. The van der Waals surface area contributed by atoms with Crippen molar-refractivity contribution in [2.45, 2.75) is 69.9 Å². The first-order chi connectivity index (χ1) is 18.3. The van der Waals surface area contributed by atoms with Gasteiger partial charge in [0.2, 0.25) is 5.91 Å². The summed E-state index contributed by atoms with van der Waals surface area (Å²) in [5.41, 5.74) is 0. The average Bonchev–Trinajstić information content (AvgIpc) is 3.48. The van der Waals surface area contributed by atoms with Gasteiger partial charge >= 0.3 is 0 Å². The van der Waals surface area contributed by atoms with Crippen LogP contribution in [0.3, 0.4) is 0 Å². The Hall–Kier alpha value is -2.63. The number of carbonyl (C=O) groups is 3. The van der Waals surface area contributed by atoms with Gasteiger partial charge in [-0.15, -0.1) is 11.3 Å². The number of thiophene rings is 1. The lowest BCUT2D eigenvalue weighted by molar-refractivity contribution is -0.125. The average molecular weight is 563 g/mol. The van der Waals surface area contributed by atoms with Crippen molar-refractivity contribution in [1.82, 2.24) is 19.9 Å². The van der Waals surface area contributed by atoms with Crippen molar-refractivity contribution in [3.63, 3.8) is 0 Å². The number of sulfonamides is 1. The summed E-state index contributed by atoms with van der Waals surface area (Å²) in [4.78, 5) is 43.5. The summed E-state index contributed by atoms with van der Waals surface area (Å²) < 4.78 is 27.0. The summed E-state index contributed by atoms with van der Waals surface area (Å²) in [7, 11) is -3.92. The van der Waals surface area contributed by atoms with E-state index < -0.39 is 22.0 Å². The van der Waals surface area contributed by atoms with E-state index in [1.54, 1.807) is 31.2 Å². The highest BCUT2D eigenvalue weighted by Crippen LogP contribution is 2.27. The van der Waals surface area contributed by atoms with Crippen LogP contribution < -0.4 is 10.6 Å². The number of Topliss-reactive ketones (excluding diaryl/α,β-unsaturated/α-hetero) is 1. The number of hydrogen-bond acceptors (Lipinski definition) is 7. The van der Waals surface area contributed by atoms with Gasteiger partial charge in [-0.1, -0.05) is 58.1 Å². The van der Waals surface area contributed by atoms with Crippen LogP contribution in [0, 0.1) is 11.8 Å². The van der Waals surface area contributed by atoms with Crippen LogP contribution in [0.25, 0.3) is 0 Å². The fourth-order valence-corrected chi connectivity index (χ4v) is 6.73. The summed E-state index contributed by atoms with van der Waals surface area (Å²) in [6.07, 6.45) is 7.90. The summed E-state index contributed by atoms with van der Waals surface area (Å²) >= 11 is 1.32. The molecule has 0 radical (unpaired) electrons. The van der Waals surface area contributed by atoms with Crippen molar-refractivity contribution >= 4 is 39.0 Å². The molecule has 2 atom stereocenters. The second kappa shape index (κ2) is 14.5. The molecule has 0 aliphatic heterocycles. The monoisotopic (exact) mass is 562 g/mol. The zero-order valence-electron chi connectivity index (χ0n) is 22.1. The lowest BCUT2D eigenvalue weighted by Crippen LogP contribution is -2.49. The first-order valence-corrected chi connectivity index (χ1v) is 15.6. The molecule has 1 unspecified atom stereocenters. The summed E-state index contributed by atoms with van der Waals surface area (Å²) in [5.74, 6) is -1.07. The molecule has 208 valence electrons. The molecule has 1 saturated carbocycles. The predicted molar refractivity (Wildman–Crippen MR) is 147 cm³/mol. The number of ketones is 1. The lowest BCUT2D eigenvalue weighted by atomic mass is 9.84. The molecule has 2 aromatic heterocycles. The van der Waals surface area contributed by atoms with Gasteiger partial charge in [0.15, 0.2) is 10.8 Å². The smallest absolute Gasteiger partial charge is 0.261 e. The van der Waals surface area contributed by atoms with Crippen molar-refractivity contribution in [2.24, 2.45) is 11.8 Å². The van der Waals surface area contributed by atoms with E-state index in [1.165, 1.54) is 30.0 Å². The number of nitrogens with zero attached hydrogens (tertiary/aromatic N) is 2. The third kappa shape index (κ3) is 8.18. The molecule has 1 fully saturated rings. The second-order valence-corrected chi connectivity index (χ2v) is 12.5. The molecule has 2 heterocycles. The van der Waals surface area contributed by atoms with Crippen molar-refractivity contribution in [2.75, 3.05) is 19.6 Å². The highest BCUT2D eigenvalue weighted by Gasteiger charge is 2.30. The Morgan fingerprint density at radius 2 is 1.87 bits per heavy atom. The van der Waals surface area contributed by atoms with E-state index >= 15 is 0 Å². The molecule has 0 saturated heterocycles. The molecule has 2 amide bonds. The molecule has 0 spiro atoms. The number of likely N-dealkylation sites (N-methyl/N-ethyl adjacent to an activating group) is 1. The molecule has 38 heavy (non-hydrogen) atoms. The predicted octanol–water partition coefficient (Wildman–Crippen LogP) is 3.63. The van der Waals surface area contributed by atoms with E-state index in [9.17, 15) is 22.8 Å². The molecule has 9 nitrogen and oxygen atoms in total. The normalized spacial score (nSPS) is 16.1. The molecule has 11 heteroatoms. The fourth-order valence-electron chi connectivity index (χ4n) is 4.76. The third-order valence-electron chi connectivity index (χ3n) is 7.06. The molecular weight excluding hydrogens is 524 g/mol. The number of hydrogen-bond donors (Lipinski definition) is 2. The van der Waals surface area contributed by atoms with Crippen LogP contribution in [-0.2, 0) is 19.6 Å². The van der Waals surface area contributed by atoms with Crippen LogP contribution in [0.1, 0.15) is 68.5 Å². The summed E-state index contributed by atoms with van der Waals surface area (Å²) in [6.45, 7) is 3.39. The Balaban J connectivity index is 1.63. The van der Waals surface area contributed by atoms with E-state index in [-0.39, 0.29) is 42.3 Å². The Labute approximate surface area is 229 Å². The Morgan fingerprint density at radius 1 is 1.11 bits per heavy atom. The highest BCUT2D eigenvalue weighted by molar-refractivity contribution is 7.89. The van der Waals surface area contributed by atoms with Crippen molar-refractivity contribution < 1.29 is 22.8 Å². The maximum absolute atomic E-state index is 13.2. The molecule has 2 N–H and O–H groups in total. The maximum Gasteiger partial charge on any atom is 0.261 e. The van der Waals surface area contributed by atoms with Gasteiger partial charge in [-0.05, 0) is 42.3 Å². The van der Waals surface area contributed by atoms with Gasteiger partial charge in [0.05, 0.1) is 11.4 Å². The van der Waals surface area contributed by atoms with Crippen LogP contribution >= 0.6 is 11.3 Å². The molecule has 2 aromatic rings. The van der Waals surface area contributed by atoms with Crippen LogP contribution in [0.4, 0.5) is 0 Å². The van der Waals surface area contributed by atoms with Gasteiger partial charge in [0, 0.05) is 25.2 Å². The quantitative estimate of drug-likeness (QED) is 0.362. The maximum atomic E-state index is 13.2. The summed E-state index contributed by atoms with van der Waals surface area (Å²) in [5, 5.41) is 7.47. The van der Waals surface area contributed by atoms with Crippen LogP contribution in [0.5, 0.6) is 0 Å². The Kier molecular flexibility index (Phi) is 11.4. The number of amides is 2. The minimum Gasteiger partial charge on any atom is -0.354 e. The molecular formula is C27H38N4O5S2. The standard InChI is InChI=1S/C27H38N4O5S2/c1-3-21(23(32)19-31(4-2)38(35,36)25-14-8-9-15-28-25)18-29-26(33)22(17-20-11-6-5-7-12-20)30-27(34)24-13-10-16-37-24/h8-10,13-16,20-22H,3-7,11-12,17-19H2,1-2H3,(H,29,33)(H,30,34)/t21?,22-/m0/s1. The SMILES string of the molecule is CCC(CNC(=O)[C@H](CC1CCCCC1)NC(=O)c1cccs1)C(=O)CN(CC)S(=O)(=O)c1ccccn1. The number of aromatic nitrogens is 1. The van der Waals surface area contributed by atoms with E-state index in [2.05, 4.69) is 15.6 Å². The van der Waals surface area contributed by atoms with Crippen LogP contribution in [-0.4, -0.2) is 61.0 Å². The highest BCUT2D eigenvalue weighted by atomic mass is 32.2. The first kappa shape index (κ1) is 29.9. The molecule has 0 aromatic carbocycles. The topological polar surface area (TPSA) is 126 Å². The number of nitrogens with one attached hydrogen (secondary N) is 2. The van der Waals surface area contributed by atoms with Gasteiger partial charge in [0.25, 0.3) is 15.9 Å². The number of carbonyl (C=O) groups excluding carboxylic acids is 3. The zero-order valence-corrected chi connectivity index (χ0v) is 23.7. The van der Waals surface area contributed by atoms with E-state index in [1.807, 2.05) is 12.3 Å². The van der Waals surface area contributed by atoms with Gasteiger partial charge in [-0.3, -0.25) is 14.4 Å². The van der Waals surface area contributed by atoms with Gasteiger partial charge in [-0.25, -0.2) is 13.4 Å². The Morgan fingerprint density at radius 3 is 2.47 bits per heavy atom. The number of rotatable bonds is 14. The zero-order chi connectivity index (χ0) is 27.5. The van der Waals surface area contributed by atoms with Gasteiger partial charge in [0.1, 0.15) is 6.04 Å². The third-order valence-corrected chi connectivity index (χ3v) is 9.76. The van der Waals surface area contributed by atoms with E-state index in [0.29, 0.717) is 23.6 Å². The lowest BCUT2D eigenvalue weighted by Gasteiger charge is -2.27. The number of pyridine rings is 1. The first-order valence-electron chi connectivity index (χ1n) is 13.3. The van der Waals surface area contributed by atoms with Crippen molar-refractivity contribution in [1.29, 1.82) is 0 Å². The van der Waals surface area contributed by atoms with E-state index in [0.717, 1.165) is 30.0 Å². The van der Waals surface area contributed by atoms with Gasteiger partial charge < -0.3 is 10.6 Å². The van der Waals surface area contributed by atoms with E-state index in [4.69, 9.17) is 0 Å². The van der Waals surface area contributed by atoms with Crippen molar-refractivity contribution in [3.8, 4) is 0 Å². The minimum absolute atomic E-state index is 0.0748. The second-order valence-electron chi connectivity index (χ2n) is 9.66. The van der Waals surface area contributed by atoms with Crippen LogP contribution in [0.2, 0.25) is 0 Å². The molecule has 1 aliphatic carbocycles. The molecule has 1 aliphatic rings. The van der Waals surface area contributed by atoms with Gasteiger partial charge in [-0.2, -0.15) is 4.31 Å².